The van der Waals surface area contributed by atoms with Gasteiger partial charge in [0, 0.05) is 5.69 Å². The number of aromatic amines is 1. The van der Waals surface area contributed by atoms with Crippen LogP contribution < -0.4 is 5.73 Å². The standard InChI is InChI=1S/C10H10N2/c11-10-7-6-9(12-10)8-4-2-1-3-5-8/h1-7,12H,11H2. The van der Waals surface area contributed by atoms with E-state index < -0.39 is 0 Å². The molecule has 2 heteroatoms. The zero-order valence-corrected chi connectivity index (χ0v) is 6.62. The Labute approximate surface area is 71.0 Å². The highest BCUT2D eigenvalue weighted by Crippen LogP contribution is 2.18. The Bertz CT molecular complexity index is 362. The van der Waals surface area contributed by atoms with Gasteiger partial charge in [-0.25, -0.2) is 0 Å². The molecule has 0 saturated carbocycles. The molecule has 0 fully saturated rings. The first-order chi connectivity index (χ1) is 5.86. The molecule has 0 saturated heterocycles. The maximum Gasteiger partial charge on any atom is 0.101 e. The summed E-state index contributed by atoms with van der Waals surface area (Å²) < 4.78 is 0. The van der Waals surface area contributed by atoms with Gasteiger partial charge in [0.05, 0.1) is 0 Å². The molecule has 0 amide bonds. The van der Waals surface area contributed by atoms with Gasteiger partial charge in [-0.2, -0.15) is 0 Å². The highest BCUT2D eigenvalue weighted by molar-refractivity contribution is 5.61. The summed E-state index contributed by atoms with van der Waals surface area (Å²) in [5.74, 6) is 0.703. The molecule has 0 aliphatic rings. The molecule has 0 aliphatic heterocycles. The topological polar surface area (TPSA) is 41.8 Å². The predicted octanol–water partition coefficient (Wildman–Crippen LogP) is 2.26. The van der Waals surface area contributed by atoms with Crippen LogP contribution in [-0.4, -0.2) is 4.98 Å². The second-order valence-corrected chi connectivity index (χ2v) is 2.69. The monoisotopic (exact) mass is 158 g/mol. The number of hydrogen-bond donors (Lipinski definition) is 2. The zero-order chi connectivity index (χ0) is 8.39. The average Bonchev–Trinajstić information content (AvgIpc) is 2.54. The van der Waals surface area contributed by atoms with Crippen molar-refractivity contribution in [1.82, 2.24) is 4.98 Å². The Morgan fingerprint density at radius 2 is 1.67 bits per heavy atom. The Balaban J connectivity index is 2.45. The molecule has 0 unspecified atom stereocenters. The van der Waals surface area contributed by atoms with Crippen LogP contribution in [0, 0.1) is 0 Å². The van der Waals surface area contributed by atoms with Gasteiger partial charge in [0.1, 0.15) is 5.82 Å². The number of nitrogens with one attached hydrogen (secondary N) is 1. The van der Waals surface area contributed by atoms with Gasteiger partial charge in [-0.15, -0.1) is 0 Å². The molecule has 2 nitrogen and oxygen atoms in total. The van der Waals surface area contributed by atoms with Crippen LogP contribution in [0.25, 0.3) is 11.3 Å². The smallest absolute Gasteiger partial charge is 0.101 e. The minimum Gasteiger partial charge on any atom is -0.385 e. The maximum atomic E-state index is 5.56. The third-order valence-electron chi connectivity index (χ3n) is 1.79. The molecule has 2 aromatic rings. The third-order valence-corrected chi connectivity index (χ3v) is 1.79. The van der Waals surface area contributed by atoms with Crippen LogP contribution in [0.2, 0.25) is 0 Å². The van der Waals surface area contributed by atoms with Crippen molar-refractivity contribution in [1.29, 1.82) is 0 Å². The fourth-order valence-electron chi connectivity index (χ4n) is 1.20. The van der Waals surface area contributed by atoms with E-state index in [4.69, 9.17) is 5.73 Å². The zero-order valence-electron chi connectivity index (χ0n) is 6.62. The molecule has 0 radical (unpaired) electrons. The number of nitrogen functional groups attached to an aromatic ring is 1. The van der Waals surface area contributed by atoms with Crippen LogP contribution in [0.5, 0.6) is 0 Å². The summed E-state index contributed by atoms with van der Waals surface area (Å²) in [6.07, 6.45) is 0. The summed E-state index contributed by atoms with van der Waals surface area (Å²) in [6.45, 7) is 0. The lowest BCUT2D eigenvalue weighted by Gasteiger charge is -1.95. The molecule has 1 heterocycles. The molecule has 3 N–H and O–H groups in total. The van der Waals surface area contributed by atoms with Gasteiger partial charge >= 0.3 is 0 Å². The van der Waals surface area contributed by atoms with E-state index in [0.29, 0.717) is 5.82 Å². The number of nitrogens with two attached hydrogens (primary N) is 1. The number of anilines is 1. The van der Waals surface area contributed by atoms with Crippen LogP contribution in [-0.2, 0) is 0 Å². The van der Waals surface area contributed by atoms with Crippen molar-refractivity contribution in [2.24, 2.45) is 0 Å². The predicted molar refractivity (Wildman–Crippen MR) is 50.6 cm³/mol. The molecule has 1 aromatic heterocycles. The normalized spacial score (nSPS) is 10.0. The Morgan fingerprint density at radius 3 is 2.25 bits per heavy atom. The minimum absolute atomic E-state index is 0.703. The number of benzene rings is 1. The van der Waals surface area contributed by atoms with E-state index in [1.807, 2.05) is 42.5 Å². The van der Waals surface area contributed by atoms with Crippen molar-refractivity contribution in [3.63, 3.8) is 0 Å². The van der Waals surface area contributed by atoms with E-state index in [1.165, 1.54) is 0 Å². The second-order valence-electron chi connectivity index (χ2n) is 2.69. The Hall–Kier alpha value is -1.70. The van der Waals surface area contributed by atoms with E-state index >= 15 is 0 Å². The van der Waals surface area contributed by atoms with Crippen molar-refractivity contribution in [3.8, 4) is 11.3 Å². The molecular weight excluding hydrogens is 148 g/mol. The first kappa shape index (κ1) is 6.98. The van der Waals surface area contributed by atoms with Crippen LogP contribution in [0.4, 0.5) is 5.82 Å². The molecule has 12 heavy (non-hydrogen) atoms. The summed E-state index contributed by atoms with van der Waals surface area (Å²) in [5.41, 5.74) is 7.78. The van der Waals surface area contributed by atoms with Gasteiger partial charge in [0.2, 0.25) is 0 Å². The van der Waals surface area contributed by atoms with E-state index in [9.17, 15) is 0 Å². The van der Waals surface area contributed by atoms with Crippen LogP contribution in [0.15, 0.2) is 42.5 Å². The van der Waals surface area contributed by atoms with Gasteiger partial charge in [0.15, 0.2) is 0 Å². The van der Waals surface area contributed by atoms with Crippen LogP contribution in [0.3, 0.4) is 0 Å². The summed E-state index contributed by atoms with van der Waals surface area (Å²) in [4.78, 5) is 3.07. The van der Waals surface area contributed by atoms with Crippen molar-refractivity contribution in [2.75, 3.05) is 5.73 Å². The lowest BCUT2D eigenvalue weighted by Crippen LogP contribution is -1.82. The fourth-order valence-corrected chi connectivity index (χ4v) is 1.20. The Morgan fingerprint density at radius 1 is 0.917 bits per heavy atom. The SMILES string of the molecule is Nc1ccc(-c2ccccc2)[nH]1. The van der Waals surface area contributed by atoms with E-state index in [1.54, 1.807) is 0 Å². The Kier molecular flexibility index (Phi) is 1.59. The second kappa shape index (κ2) is 2.74. The lowest BCUT2D eigenvalue weighted by molar-refractivity contribution is 1.40. The summed E-state index contributed by atoms with van der Waals surface area (Å²) in [5, 5.41) is 0. The minimum atomic E-state index is 0.703. The van der Waals surface area contributed by atoms with E-state index in [-0.39, 0.29) is 0 Å². The number of H-pyrrole nitrogens is 1. The summed E-state index contributed by atoms with van der Waals surface area (Å²) >= 11 is 0. The number of aromatic nitrogens is 1. The van der Waals surface area contributed by atoms with E-state index in [2.05, 4.69) is 4.98 Å². The highest BCUT2D eigenvalue weighted by Gasteiger charge is 1.96. The van der Waals surface area contributed by atoms with Crippen LogP contribution in [0.1, 0.15) is 0 Å². The van der Waals surface area contributed by atoms with Crippen LogP contribution >= 0.6 is 0 Å². The highest BCUT2D eigenvalue weighted by atomic mass is 14.8. The fraction of sp³-hybridized carbons (Fsp3) is 0. The summed E-state index contributed by atoms with van der Waals surface area (Å²) in [7, 11) is 0. The van der Waals surface area contributed by atoms with Gasteiger partial charge in [-0.1, -0.05) is 30.3 Å². The molecule has 0 spiro atoms. The number of rotatable bonds is 1. The summed E-state index contributed by atoms with van der Waals surface area (Å²) in [6, 6.07) is 13.9. The molecule has 0 atom stereocenters. The number of hydrogen-bond acceptors (Lipinski definition) is 1. The quantitative estimate of drug-likeness (QED) is 0.656. The van der Waals surface area contributed by atoms with Gasteiger partial charge in [-0.3, -0.25) is 0 Å². The largest absolute Gasteiger partial charge is 0.385 e. The first-order valence-electron chi connectivity index (χ1n) is 3.86. The van der Waals surface area contributed by atoms with Gasteiger partial charge in [-0.05, 0) is 17.7 Å². The maximum absolute atomic E-state index is 5.56. The third kappa shape index (κ3) is 1.19. The average molecular weight is 158 g/mol. The molecule has 1 aromatic carbocycles. The van der Waals surface area contributed by atoms with Crippen molar-refractivity contribution >= 4 is 5.82 Å². The first-order valence-corrected chi connectivity index (χ1v) is 3.86. The molecule has 0 aliphatic carbocycles. The van der Waals surface area contributed by atoms with Crippen molar-refractivity contribution < 1.29 is 0 Å². The molecule has 2 rings (SSSR count). The molecular formula is C10H10N2. The van der Waals surface area contributed by atoms with Gasteiger partial charge in [0.25, 0.3) is 0 Å². The molecule has 0 bridgehead atoms. The van der Waals surface area contributed by atoms with Gasteiger partial charge < -0.3 is 10.7 Å². The lowest BCUT2D eigenvalue weighted by atomic mass is 10.2. The molecule has 60 valence electrons. The van der Waals surface area contributed by atoms with E-state index in [0.717, 1.165) is 11.3 Å². The van der Waals surface area contributed by atoms with Crippen molar-refractivity contribution in [2.45, 2.75) is 0 Å². The van der Waals surface area contributed by atoms with Crippen molar-refractivity contribution in [3.05, 3.63) is 42.5 Å².